The third kappa shape index (κ3) is 4.93. The van der Waals surface area contributed by atoms with Crippen molar-refractivity contribution in [1.29, 1.82) is 0 Å². The molecule has 1 spiro atoms. The molecule has 8 heteroatoms. The van der Waals surface area contributed by atoms with Gasteiger partial charge in [-0.15, -0.1) is 10.6 Å². The van der Waals surface area contributed by atoms with Crippen LogP contribution in [0.2, 0.25) is 0 Å². The van der Waals surface area contributed by atoms with E-state index in [1.54, 1.807) is 5.12 Å². The number of hydrazone groups is 1. The summed E-state index contributed by atoms with van der Waals surface area (Å²) < 4.78 is 6.51. The van der Waals surface area contributed by atoms with Gasteiger partial charge in [-0.25, -0.2) is 5.12 Å². The van der Waals surface area contributed by atoms with Gasteiger partial charge in [0.25, 0.3) is 0 Å². The summed E-state index contributed by atoms with van der Waals surface area (Å²) in [6, 6.07) is 16.9. The summed E-state index contributed by atoms with van der Waals surface area (Å²) in [5, 5.41) is 12.7. The number of hydrogen-bond donors (Lipinski definition) is 4. The molecule has 3 aliphatic rings. The largest absolute Gasteiger partial charge is 0.482 e. The highest BCUT2D eigenvalue weighted by Crippen LogP contribution is 2.42. The molecule has 1 saturated heterocycles. The first-order chi connectivity index (χ1) is 16.6. The molecule has 4 N–H and O–H groups in total. The number of hydrazine groups is 2. The second kappa shape index (κ2) is 9.87. The van der Waals surface area contributed by atoms with Crippen molar-refractivity contribution >= 4 is 17.3 Å². The standard InChI is InChI=1S/C26H32N6O2/c1-19(33)28-14-4-5-17-32-30-25(29-31-32)21-10-8-20(9-11-21)23-18-26(12-15-27-16-13-26)34-24-7-3-2-6-22(23)24/h2-3,6-11,18,27,31H,4-5,12-17H2,1H3,(H,28,33)(H,29,30). The first-order valence-electron chi connectivity index (χ1n) is 12.1. The van der Waals surface area contributed by atoms with E-state index in [0.717, 1.165) is 68.0 Å². The third-order valence-electron chi connectivity index (χ3n) is 6.51. The number of amidine groups is 1. The summed E-state index contributed by atoms with van der Waals surface area (Å²) in [7, 11) is 0. The molecule has 0 radical (unpaired) electrons. The summed E-state index contributed by atoms with van der Waals surface area (Å²) in [6.45, 7) is 4.92. The van der Waals surface area contributed by atoms with E-state index in [0.29, 0.717) is 6.54 Å². The van der Waals surface area contributed by atoms with Crippen LogP contribution in [0.25, 0.3) is 5.57 Å². The predicted octanol–water partition coefficient (Wildman–Crippen LogP) is 2.54. The number of ether oxygens (including phenoxy) is 1. The second-order valence-electron chi connectivity index (χ2n) is 9.05. The summed E-state index contributed by atoms with van der Waals surface area (Å²) in [6.07, 6.45) is 6.11. The maximum atomic E-state index is 10.9. The average Bonchev–Trinajstić information content (AvgIpc) is 3.33. The fourth-order valence-corrected chi connectivity index (χ4v) is 4.69. The van der Waals surface area contributed by atoms with Crippen molar-refractivity contribution in [2.75, 3.05) is 26.2 Å². The monoisotopic (exact) mass is 460 g/mol. The SMILES string of the molecule is CC(=O)NCCCCN1N=C(c2ccc(C3=CC4(CCNCC4)Oc4ccccc43)cc2)NN1. The Kier molecular flexibility index (Phi) is 6.51. The van der Waals surface area contributed by atoms with Crippen molar-refractivity contribution in [3.05, 3.63) is 71.3 Å². The molecular weight excluding hydrogens is 428 g/mol. The van der Waals surface area contributed by atoms with Gasteiger partial charge in [0.05, 0.1) is 6.54 Å². The second-order valence-corrected chi connectivity index (χ2v) is 9.05. The summed E-state index contributed by atoms with van der Waals surface area (Å²) >= 11 is 0. The molecule has 34 heavy (non-hydrogen) atoms. The highest BCUT2D eigenvalue weighted by atomic mass is 16.5. The van der Waals surface area contributed by atoms with Gasteiger partial charge >= 0.3 is 0 Å². The van der Waals surface area contributed by atoms with Crippen LogP contribution in [-0.2, 0) is 4.79 Å². The molecule has 0 aromatic heterocycles. The quantitative estimate of drug-likeness (QED) is 0.475. The molecule has 2 aromatic rings. The van der Waals surface area contributed by atoms with E-state index in [4.69, 9.17) is 4.74 Å². The normalized spacial score (nSPS) is 18.4. The van der Waals surface area contributed by atoms with Gasteiger partial charge in [0, 0.05) is 37.4 Å². The molecule has 0 atom stereocenters. The van der Waals surface area contributed by atoms with Crippen LogP contribution in [0.4, 0.5) is 0 Å². The van der Waals surface area contributed by atoms with Crippen LogP contribution in [0.3, 0.4) is 0 Å². The lowest BCUT2D eigenvalue weighted by Crippen LogP contribution is -2.46. The van der Waals surface area contributed by atoms with Gasteiger partial charge < -0.3 is 15.4 Å². The van der Waals surface area contributed by atoms with Crippen molar-refractivity contribution in [2.45, 2.75) is 38.2 Å². The van der Waals surface area contributed by atoms with Crippen LogP contribution < -0.4 is 26.3 Å². The number of unbranched alkanes of at least 4 members (excludes halogenated alkanes) is 1. The molecule has 0 bridgehead atoms. The van der Waals surface area contributed by atoms with Gasteiger partial charge in [0.15, 0.2) is 5.84 Å². The molecule has 2 aromatic carbocycles. The maximum absolute atomic E-state index is 10.9. The molecular formula is C26H32N6O2. The minimum atomic E-state index is -0.241. The topological polar surface area (TPSA) is 90.0 Å². The van der Waals surface area contributed by atoms with E-state index in [1.807, 2.05) is 6.07 Å². The fraction of sp³-hybridized carbons (Fsp3) is 0.385. The molecule has 1 amide bonds. The molecule has 0 aliphatic carbocycles. The van der Waals surface area contributed by atoms with Crippen molar-refractivity contribution in [3.8, 4) is 5.75 Å². The number of nitrogens with zero attached hydrogens (tertiary/aromatic N) is 2. The number of para-hydroxylation sites is 1. The van der Waals surface area contributed by atoms with Crippen molar-refractivity contribution in [3.63, 3.8) is 0 Å². The summed E-state index contributed by atoms with van der Waals surface area (Å²) in [4.78, 5) is 10.9. The molecule has 1 fully saturated rings. The van der Waals surface area contributed by atoms with Gasteiger partial charge in [-0.1, -0.05) is 42.5 Å². The predicted molar refractivity (Wildman–Crippen MR) is 133 cm³/mol. The Labute approximate surface area is 200 Å². The van der Waals surface area contributed by atoms with Gasteiger partial charge in [0.2, 0.25) is 5.91 Å². The molecule has 0 saturated carbocycles. The van der Waals surface area contributed by atoms with Gasteiger partial charge in [-0.2, -0.15) is 0 Å². The smallest absolute Gasteiger partial charge is 0.216 e. The Morgan fingerprint density at radius 1 is 1.09 bits per heavy atom. The van der Waals surface area contributed by atoms with Gasteiger partial charge in [0.1, 0.15) is 11.4 Å². The van der Waals surface area contributed by atoms with E-state index in [2.05, 4.69) is 75.2 Å². The van der Waals surface area contributed by atoms with Gasteiger partial charge in [-0.3, -0.25) is 10.2 Å². The minimum Gasteiger partial charge on any atom is -0.482 e. The zero-order chi connectivity index (χ0) is 23.4. The zero-order valence-corrected chi connectivity index (χ0v) is 19.6. The van der Waals surface area contributed by atoms with Crippen LogP contribution in [0, 0.1) is 0 Å². The molecule has 5 rings (SSSR count). The number of rotatable bonds is 7. The van der Waals surface area contributed by atoms with Crippen molar-refractivity contribution in [2.24, 2.45) is 5.10 Å². The highest BCUT2D eigenvalue weighted by molar-refractivity contribution is 5.99. The lowest BCUT2D eigenvalue weighted by molar-refractivity contribution is -0.118. The Morgan fingerprint density at radius 3 is 2.65 bits per heavy atom. The van der Waals surface area contributed by atoms with Crippen LogP contribution in [-0.4, -0.2) is 48.6 Å². The number of nitrogens with one attached hydrogen (secondary N) is 4. The number of fused-ring (bicyclic) bond motifs is 1. The summed E-state index contributed by atoms with van der Waals surface area (Å²) in [5.74, 6) is 1.77. The molecule has 0 unspecified atom stereocenters. The first kappa shape index (κ1) is 22.4. The number of piperidine rings is 1. The van der Waals surface area contributed by atoms with E-state index < -0.39 is 0 Å². The number of carbonyl (C=O) groups is 1. The number of amides is 1. The van der Waals surface area contributed by atoms with E-state index >= 15 is 0 Å². The molecule has 3 aliphatic heterocycles. The third-order valence-corrected chi connectivity index (χ3v) is 6.51. The Morgan fingerprint density at radius 2 is 1.85 bits per heavy atom. The van der Waals surface area contributed by atoms with E-state index in [9.17, 15) is 4.79 Å². The van der Waals surface area contributed by atoms with Crippen molar-refractivity contribution < 1.29 is 9.53 Å². The Balaban J connectivity index is 1.29. The number of carbonyl (C=O) groups excluding carboxylic acids is 1. The van der Waals surface area contributed by atoms with Crippen LogP contribution >= 0.6 is 0 Å². The van der Waals surface area contributed by atoms with E-state index in [1.165, 1.54) is 18.1 Å². The molecule has 178 valence electrons. The molecule has 8 nitrogen and oxygen atoms in total. The van der Waals surface area contributed by atoms with E-state index in [-0.39, 0.29) is 11.5 Å². The Bertz CT molecular complexity index is 1090. The zero-order valence-electron chi connectivity index (χ0n) is 19.6. The number of hydrogen-bond acceptors (Lipinski definition) is 7. The first-order valence-corrected chi connectivity index (χ1v) is 12.1. The molecule has 3 heterocycles. The lowest BCUT2D eigenvalue weighted by atomic mass is 9.83. The summed E-state index contributed by atoms with van der Waals surface area (Å²) in [5.41, 5.74) is 10.6. The lowest BCUT2D eigenvalue weighted by Gasteiger charge is -2.40. The minimum absolute atomic E-state index is 0.00985. The maximum Gasteiger partial charge on any atom is 0.216 e. The van der Waals surface area contributed by atoms with Crippen LogP contribution in [0.1, 0.15) is 49.3 Å². The average molecular weight is 461 g/mol. The highest BCUT2D eigenvalue weighted by Gasteiger charge is 2.36. The van der Waals surface area contributed by atoms with Crippen LogP contribution in [0.15, 0.2) is 59.7 Å². The fourth-order valence-electron chi connectivity index (χ4n) is 4.69. The van der Waals surface area contributed by atoms with Gasteiger partial charge in [-0.05, 0) is 49.2 Å². The number of benzene rings is 2. The Hall–Kier alpha value is -3.36. The van der Waals surface area contributed by atoms with Crippen LogP contribution in [0.5, 0.6) is 5.75 Å². The van der Waals surface area contributed by atoms with Crippen molar-refractivity contribution in [1.82, 2.24) is 26.7 Å².